The van der Waals surface area contributed by atoms with Crippen molar-refractivity contribution in [2.45, 2.75) is 33.9 Å². The fourth-order valence-corrected chi connectivity index (χ4v) is 5.91. The normalized spacial score (nSPS) is 12.0. The fraction of sp³-hybridized carbons (Fsp3) is 0.261. The van der Waals surface area contributed by atoms with Gasteiger partial charge in [0.2, 0.25) is 0 Å². The zero-order valence-electron chi connectivity index (χ0n) is 17.4. The molecule has 3 aromatic heterocycles. The van der Waals surface area contributed by atoms with Gasteiger partial charge in [0.1, 0.15) is 5.69 Å². The van der Waals surface area contributed by atoms with Crippen LogP contribution in [0.2, 0.25) is 0 Å². The maximum atomic E-state index is 14.4. The highest BCUT2D eigenvalue weighted by Gasteiger charge is 2.49. The second-order valence-electron chi connectivity index (χ2n) is 7.40. The van der Waals surface area contributed by atoms with E-state index >= 15 is 0 Å². The summed E-state index contributed by atoms with van der Waals surface area (Å²) in [4.78, 5) is 4.16. The lowest BCUT2D eigenvalue weighted by molar-refractivity contribution is -0.680. The van der Waals surface area contributed by atoms with Crippen LogP contribution in [0.1, 0.15) is 25.3 Å². The Morgan fingerprint density at radius 1 is 0.833 bits per heavy atom. The summed E-state index contributed by atoms with van der Waals surface area (Å²) in [5.41, 5.74) is 3.35. The zero-order chi connectivity index (χ0) is 21.8. The Kier molecular flexibility index (Phi) is 5.14. The van der Waals surface area contributed by atoms with Crippen molar-refractivity contribution in [3.8, 4) is 28.2 Å². The SMILES string of the molecule is Cc1cc(-c2c(-c3cc(C)sc3C)[n+](C)c(C(F)(F)F)n2-c2ccccc2)c(C)s1. The molecule has 7 heteroatoms. The number of alkyl halides is 3. The van der Waals surface area contributed by atoms with Crippen molar-refractivity contribution in [1.82, 2.24) is 4.57 Å². The van der Waals surface area contributed by atoms with Crippen LogP contribution in [0.4, 0.5) is 13.2 Å². The summed E-state index contributed by atoms with van der Waals surface area (Å²) in [5.74, 6) is -0.690. The molecule has 0 fully saturated rings. The monoisotopic (exact) mass is 447 g/mol. The Bertz CT molecular complexity index is 1230. The number of rotatable bonds is 3. The largest absolute Gasteiger partial charge is 0.495 e. The van der Waals surface area contributed by atoms with Crippen LogP contribution in [0.3, 0.4) is 0 Å². The highest BCUT2D eigenvalue weighted by Crippen LogP contribution is 2.43. The summed E-state index contributed by atoms with van der Waals surface area (Å²) in [6, 6.07) is 12.8. The van der Waals surface area contributed by atoms with Crippen LogP contribution in [0.25, 0.3) is 28.2 Å². The van der Waals surface area contributed by atoms with Crippen LogP contribution < -0.4 is 4.57 Å². The van der Waals surface area contributed by atoms with Crippen molar-refractivity contribution in [1.29, 1.82) is 0 Å². The Morgan fingerprint density at radius 2 is 1.37 bits per heavy atom. The number of aryl methyl sites for hydroxylation is 4. The van der Waals surface area contributed by atoms with Gasteiger partial charge in [-0.2, -0.15) is 17.7 Å². The molecular formula is C23H22F3N2S2+. The lowest BCUT2D eigenvalue weighted by Crippen LogP contribution is -2.39. The summed E-state index contributed by atoms with van der Waals surface area (Å²) in [7, 11) is 1.52. The van der Waals surface area contributed by atoms with Crippen molar-refractivity contribution in [3.05, 3.63) is 67.8 Å². The fourth-order valence-electron chi connectivity index (χ4n) is 4.06. The maximum absolute atomic E-state index is 14.4. The van der Waals surface area contributed by atoms with Crippen molar-refractivity contribution < 1.29 is 17.7 Å². The summed E-state index contributed by atoms with van der Waals surface area (Å²) < 4.78 is 45.9. The van der Waals surface area contributed by atoms with Crippen LogP contribution in [-0.2, 0) is 13.2 Å². The molecule has 156 valence electrons. The van der Waals surface area contributed by atoms with E-state index in [1.54, 1.807) is 46.9 Å². The molecule has 3 heterocycles. The van der Waals surface area contributed by atoms with E-state index in [0.29, 0.717) is 17.1 Å². The van der Waals surface area contributed by atoms with E-state index in [-0.39, 0.29) is 0 Å². The van der Waals surface area contributed by atoms with Crippen LogP contribution in [0.5, 0.6) is 0 Å². The van der Waals surface area contributed by atoms with Crippen molar-refractivity contribution in [2.24, 2.45) is 7.05 Å². The Morgan fingerprint density at radius 3 is 1.83 bits per heavy atom. The number of aromatic nitrogens is 2. The minimum absolute atomic E-state index is 0.495. The molecule has 1 aromatic carbocycles. The van der Waals surface area contributed by atoms with E-state index in [2.05, 4.69) is 0 Å². The van der Waals surface area contributed by atoms with Crippen molar-refractivity contribution in [2.75, 3.05) is 0 Å². The van der Waals surface area contributed by atoms with E-state index < -0.39 is 12.0 Å². The third-order valence-electron chi connectivity index (χ3n) is 5.17. The number of thiophene rings is 2. The molecule has 0 radical (unpaired) electrons. The third kappa shape index (κ3) is 3.40. The number of nitrogens with zero attached hydrogens (tertiary/aromatic N) is 2. The minimum atomic E-state index is -4.52. The lowest BCUT2D eigenvalue weighted by atomic mass is 10.0. The number of benzene rings is 1. The number of hydrogen-bond donors (Lipinski definition) is 0. The smallest absolute Gasteiger partial charge is 0.221 e. The van der Waals surface area contributed by atoms with Gasteiger partial charge in [0.15, 0.2) is 11.4 Å². The summed E-state index contributed by atoms with van der Waals surface area (Å²) in [6.07, 6.45) is -4.52. The molecule has 0 N–H and O–H groups in total. The Hall–Kier alpha value is -2.38. The second kappa shape index (κ2) is 7.39. The molecule has 0 atom stereocenters. The first-order valence-electron chi connectivity index (χ1n) is 9.51. The molecule has 0 aliphatic rings. The third-order valence-corrected chi connectivity index (χ3v) is 7.10. The van der Waals surface area contributed by atoms with Gasteiger partial charge in [0.05, 0.1) is 7.05 Å². The summed E-state index contributed by atoms with van der Waals surface area (Å²) >= 11 is 3.21. The van der Waals surface area contributed by atoms with Gasteiger partial charge in [-0.25, -0.2) is 4.57 Å². The number of hydrogen-bond acceptors (Lipinski definition) is 2. The van der Waals surface area contributed by atoms with E-state index in [4.69, 9.17) is 0 Å². The number of halogens is 3. The minimum Gasteiger partial charge on any atom is -0.221 e. The molecule has 0 amide bonds. The Balaban J connectivity index is 2.22. The molecule has 2 nitrogen and oxygen atoms in total. The van der Waals surface area contributed by atoms with Crippen LogP contribution in [-0.4, -0.2) is 4.57 Å². The first-order valence-corrected chi connectivity index (χ1v) is 11.1. The second-order valence-corrected chi connectivity index (χ2v) is 10.3. The van der Waals surface area contributed by atoms with Gasteiger partial charge < -0.3 is 0 Å². The van der Waals surface area contributed by atoms with Crippen molar-refractivity contribution >= 4 is 22.7 Å². The molecule has 30 heavy (non-hydrogen) atoms. The van der Waals surface area contributed by atoms with Gasteiger partial charge in [-0.15, -0.1) is 22.7 Å². The molecule has 0 saturated heterocycles. The first kappa shape index (κ1) is 20.9. The molecule has 0 saturated carbocycles. The predicted octanol–water partition coefficient (Wildman–Crippen LogP) is 7.01. The average Bonchev–Trinajstić information content (AvgIpc) is 3.27. The van der Waals surface area contributed by atoms with Gasteiger partial charge in [0, 0.05) is 30.6 Å². The van der Waals surface area contributed by atoms with Crippen molar-refractivity contribution in [3.63, 3.8) is 0 Å². The van der Waals surface area contributed by atoms with Gasteiger partial charge in [0.25, 0.3) is 0 Å². The van der Waals surface area contributed by atoms with E-state index in [1.807, 2.05) is 45.9 Å². The van der Waals surface area contributed by atoms with Crippen LogP contribution in [0, 0.1) is 27.7 Å². The van der Waals surface area contributed by atoms with Gasteiger partial charge >= 0.3 is 12.0 Å². The standard InChI is InChI=1S/C23H22F3N2S2/c1-13-11-18(15(3)29-13)20-21(19-12-14(2)30-16(19)4)28(17-9-7-6-8-10-17)22(27(20)5)23(24,25)26/h6-12H,1-5H3/q+1. The Labute approximate surface area is 181 Å². The maximum Gasteiger partial charge on any atom is 0.495 e. The molecule has 0 bridgehead atoms. The number of para-hydroxylation sites is 1. The lowest BCUT2D eigenvalue weighted by Gasteiger charge is -2.07. The molecule has 0 aliphatic heterocycles. The average molecular weight is 448 g/mol. The zero-order valence-corrected chi connectivity index (χ0v) is 19.0. The van der Waals surface area contributed by atoms with E-state index in [9.17, 15) is 13.2 Å². The predicted molar refractivity (Wildman–Crippen MR) is 118 cm³/mol. The highest BCUT2D eigenvalue weighted by atomic mass is 32.1. The summed E-state index contributed by atoms with van der Waals surface area (Å²) in [6.45, 7) is 7.91. The molecule has 4 rings (SSSR count). The quantitative estimate of drug-likeness (QED) is 0.299. The van der Waals surface area contributed by atoms with E-state index in [1.165, 1.54) is 16.2 Å². The molecular weight excluding hydrogens is 425 g/mol. The van der Waals surface area contributed by atoms with Crippen LogP contribution in [0.15, 0.2) is 42.5 Å². The topological polar surface area (TPSA) is 8.81 Å². The van der Waals surface area contributed by atoms with Gasteiger partial charge in [-0.1, -0.05) is 18.2 Å². The van der Waals surface area contributed by atoms with E-state index in [0.717, 1.165) is 30.6 Å². The highest BCUT2D eigenvalue weighted by molar-refractivity contribution is 7.12. The van der Waals surface area contributed by atoms with Gasteiger partial charge in [-0.05, 0) is 52.0 Å². The van der Waals surface area contributed by atoms with Crippen LogP contribution >= 0.6 is 22.7 Å². The molecule has 0 aliphatic carbocycles. The molecule has 0 unspecified atom stereocenters. The first-order chi connectivity index (χ1) is 14.1. The number of imidazole rings is 1. The molecule has 0 spiro atoms. The van der Waals surface area contributed by atoms with Gasteiger partial charge in [-0.3, -0.25) is 0 Å². The molecule has 4 aromatic rings. The summed E-state index contributed by atoms with van der Waals surface area (Å²) in [5, 5.41) is 0.